The maximum Gasteiger partial charge on any atom is 0.337 e. The number of methoxy groups -OCH3 is 1. The van der Waals surface area contributed by atoms with E-state index in [-0.39, 0.29) is 23.3 Å². The largest absolute Gasteiger partial charge is 0.465 e. The molecule has 0 radical (unpaired) electrons. The summed E-state index contributed by atoms with van der Waals surface area (Å²) in [5.41, 5.74) is 1.60. The van der Waals surface area contributed by atoms with Gasteiger partial charge < -0.3 is 15.4 Å². The van der Waals surface area contributed by atoms with Gasteiger partial charge in [-0.25, -0.2) is 4.79 Å². The number of benzene rings is 2. The van der Waals surface area contributed by atoms with E-state index in [0.29, 0.717) is 23.7 Å². The van der Waals surface area contributed by atoms with Gasteiger partial charge in [0.05, 0.1) is 35.2 Å². The van der Waals surface area contributed by atoms with E-state index in [0.717, 1.165) is 5.56 Å². The molecule has 2 N–H and O–H groups in total. The minimum atomic E-state index is -0.522. The molecule has 1 aliphatic carbocycles. The molecule has 27 heavy (non-hydrogen) atoms. The molecule has 140 valence electrons. The van der Waals surface area contributed by atoms with E-state index in [9.17, 15) is 14.4 Å². The van der Waals surface area contributed by atoms with Crippen LogP contribution in [0.3, 0.4) is 0 Å². The third-order valence-corrected chi connectivity index (χ3v) is 4.75. The Hall–Kier alpha value is -2.86. The smallest absolute Gasteiger partial charge is 0.337 e. The third-order valence-electron chi connectivity index (χ3n) is 4.42. The summed E-state index contributed by atoms with van der Waals surface area (Å²) < 4.78 is 4.66. The molecule has 6 nitrogen and oxygen atoms in total. The van der Waals surface area contributed by atoms with Gasteiger partial charge in [0, 0.05) is 6.54 Å². The Balaban J connectivity index is 1.55. The van der Waals surface area contributed by atoms with Crippen molar-refractivity contribution in [2.45, 2.75) is 13.0 Å². The van der Waals surface area contributed by atoms with Gasteiger partial charge in [-0.2, -0.15) is 0 Å². The van der Waals surface area contributed by atoms with Crippen molar-refractivity contribution in [3.8, 4) is 0 Å². The molecule has 0 saturated heterocycles. The Morgan fingerprint density at radius 1 is 1.07 bits per heavy atom. The number of ether oxygens (including phenoxy) is 1. The second-order valence-corrected chi connectivity index (χ2v) is 6.73. The van der Waals surface area contributed by atoms with Crippen LogP contribution < -0.4 is 10.6 Å². The molecule has 0 heterocycles. The molecular formula is C20H19ClN2O4. The van der Waals surface area contributed by atoms with Crippen molar-refractivity contribution in [3.05, 3.63) is 64.7 Å². The number of hydrogen-bond acceptors (Lipinski definition) is 4. The molecule has 2 unspecified atom stereocenters. The zero-order valence-corrected chi connectivity index (χ0v) is 15.5. The Labute approximate surface area is 161 Å². The van der Waals surface area contributed by atoms with E-state index >= 15 is 0 Å². The van der Waals surface area contributed by atoms with Gasteiger partial charge in [0.1, 0.15) is 0 Å². The summed E-state index contributed by atoms with van der Waals surface area (Å²) >= 11 is 6.08. The van der Waals surface area contributed by atoms with Crippen LogP contribution in [-0.4, -0.2) is 24.9 Å². The molecule has 2 atom stereocenters. The van der Waals surface area contributed by atoms with E-state index in [1.165, 1.54) is 25.3 Å². The number of hydrogen-bond donors (Lipinski definition) is 2. The summed E-state index contributed by atoms with van der Waals surface area (Å²) in [6.07, 6.45) is 0.487. The number of esters is 1. The molecule has 0 aliphatic heterocycles. The number of carbonyl (C=O) groups excluding carboxylic acids is 3. The number of nitrogens with one attached hydrogen (secondary N) is 2. The normalized spacial score (nSPS) is 17.7. The standard InChI is InChI=1S/C20H19ClN2O4/c1-27-20(26)13-7-8-16(21)17(9-13)23-19(25)15-10-14(15)18(24)22-11-12-5-3-2-4-6-12/h2-9,14-15H,10-11H2,1H3,(H,22,24)(H,23,25). The van der Waals surface area contributed by atoms with Crippen LogP contribution in [0.1, 0.15) is 22.3 Å². The van der Waals surface area contributed by atoms with Gasteiger partial charge in [-0.05, 0) is 30.2 Å². The summed E-state index contributed by atoms with van der Waals surface area (Å²) in [4.78, 5) is 36.2. The zero-order chi connectivity index (χ0) is 19.4. The average molecular weight is 387 g/mol. The fourth-order valence-corrected chi connectivity index (χ4v) is 2.95. The quantitative estimate of drug-likeness (QED) is 0.747. The van der Waals surface area contributed by atoms with Gasteiger partial charge in [-0.1, -0.05) is 41.9 Å². The van der Waals surface area contributed by atoms with Crippen LogP contribution in [0.15, 0.2) is 48.5 Å². The fraction of sp³-hybridized carbons (Fsp3) is 0.250. The van der Waals surface area contributed by atoms with Gasteiger partial charge in [0.25, 0.3) is 0 Å². The predicted octanol–water partition coefficient (Wildman–Crippen LogP) is 3.02. The molecule has 3 rings (SSSR count). The third kappa shape index (κ3) is 4.65. The highest BCUT2D eigenvalue weighted by Crippen LogP contribution is 2.40. The number of amides is 2. The molecule has 2 aromatic carbocycles. The predicted molar refractivity (Wildman–Crippen MR) is 101 cm³/mol. The second kappa shape index (κ2) is 8.22. The van der Waals surface area contributed by atoms with Crippen molar-refractivity contribution in [2.24, 2.45) is 11.8 Å². The van der Waals surface area contributed by atoms with E-state index < -0.39 is 11.9 Å². The van der Waals surface area contributed by atoms with Crippen molar-refractivity contribution in [1.29, 1.82) is 0 Å². The molecule has 2 aromatic rings. The number of rotatable bonds is 6. The lowest BCUT2D eigenvalue weighted by Gasteiger charge is -2.09. The Morgan fingerprint density at radius 2 is 1.78 bits per heavy atom. The first-order valence-electron chi connectivity index (χ1n) is 8.50. The highest BCUT2D eigenvalue weighted by Gasteiger charge is 2.48. The van der Waals surface area contributed by atoms with E-state index in [2.05, 4.69) is 15.4 Å². The summed E-state index contributed by atoms with van der Waals surface area (Å²) in [6, 6.07) is 14.1. The van der Waals surface area contributed by atoms with Crippen molar-refractivity contribution in [1.82, 2.24) is 5.32 Å². The van der Waals surface area contributed by atoms with Crippen LogP contribution in [0.5, 0.6) is 0 Å². The van der Waals surface area contributed by atoms with Crippen LogP contribution >= 0.6 is 11.6 Å². The first-order chi connectivity index (χ1) is 13.0. The molecule has 7 heteroatoms. The van der Waals surface area contributed by atoms with E-state index in [4.69, 9.17) is 11.6 Å². The highest BCUT2D eigenvalue weighted by molar-refractivity contribution is 6.34. The molecule has 1 aliphatic rings. The van der Waals surface area contributed by atoms with Gasteiger partial charge in [0.15, 0.2) is 0 Å². The van der Waals surface area contributed by atoms with Crippen molar-refractivity contribution >= 4 is 35.1 Å². The lowest BCUT2D eigenvalue weighted by atomic mass is 10.2. The number of carbonyl (C=O) groups is 3. The maximum atomic E-state index is 12.4. The van der Waals surface area contributed by atoms with E-state index in [1.807, 2.05) is 30.3 Å². The van der Waals surface area contributed by atoms with Gasteiger partial charge >= 0.3 is 5.97 Å². The Morgan fingerprint density at radius 3 is 2.48 bits per heavy atom. The summed E-state index contributed by atoms with van der Waals surface area (Å²) in [5, 5.41) is 5.85. The molecular weight excluding hydrogens is 368 g/mol. The van der Waals surface area contributed by atoms with Crippen molar-refractivity contribution in [2.75, 3.05) is 12.4 Å². The Kier molecular flexibility index (Phi) is 5.76. The average Bonchev–Trinajstić information content (AvgIpc) is 3.49. The summed E-state index contributed by atoms with van der Waals surface area (Å²) in [7, 11) is 1.28. The molecule has 2 amide bonds. The van der Waals surface area contributed by atoms with Gasteiger partial charge in [-0.15, -0.1) is 0 Å². The van der Waals surface area contributed by atoms with Crippen molar-refractivity contribution < 1.29 is 19.1 Å². The van der Waals surface area contributed by atoms with Gasteiger partial charge in [-0.3, -0.25) is 9.59 Å². The molecule has 1 saturated carbocycles. The number of halogens is 1. The Bertz CT molecular complexity index is 870. The van der Waals surface area contributed by atoms with E-state index in [1.54, 1.807) is 0 Å². The molecule has 1 fully saturated rings. The molecule has 0 aromatic heterocycles. The first-order valence-corrected chi connectivity index (χ1v) is 8.87. The monoisotopic (exact) mass is 386 g/mol. The topological polar surface area (TPSA) is 84.5 Å². The first kappa shape index (κ1) is 18.9. The highest BCUT2D eigenvalue weighted by atomic mass is 35.5. The van der Waals surface area contributed by atoms with Crippen LogP contribution in [0, 0.1) is 11.8 Å². The minimum absolute atomic E-state index is 0.145. The number of anilines is 1. The zero-order valence-electron chi connectivity index (χ0n) is 14.7. The van der Waals surface area contributed by atoms with Gasteiger partial charge in [0.2, 0.25) is 11.8 Å². The lowest BCUT2D eigenvalue weighted by Crippen LogP contribution is -2.27. The second-order valence-electron chi connectivity index (χ2n) is 6.33. The van der Waals surface area contributed by atoms with Crippen LogP contribution in [-0.2, 0) is 20.9 Å². The fourth-order valence-electron chi connectivity index (χ4n) is 2.78. The molecule has 0 bridgehead atoms. The van der Waals surface area contributed by atoms with Crippen LogP contribution in [0.2, 0.25) is 5.02 Å². The van der Waals surface area contributed by atoms with Crippen LogP contribution in [0.4, 0.5) is 5.69 Å². The van der Waals surface area contributed by atoms with Crippen LogP contribution in [0.25, 0.3) is 0 Å². The maximum absolute atomic E-state index is 12.4. The minimum Gasteiger partial charge on any atom is -0.465 e. The lowest BCUT2D eigenvalue weighted by molar-refractivity contribution is -0.125. The SMILES string of the molecule is COC(=O)c1ccc(Cl)c(NC(=O)C2CC2C(=O)NCc2ccccc2)c1. The summed E-state index contributed by atoms with van der Waals surface area (Å²) in [6.45, 7) is 0.428. The summed E-state index contributed by atoms with van der Waals surface area (Å²) in [5.74, 6) is -1.71. The van der Waals surface area contributed by atoms with Crippen molar-refractivity contribution in [3.63, 3.8) is 0 Å². The molecule has 0 spiro atoms.